The lowest BCUT2D eigenvalue weighted by molar-refractivity contribution is -0.387. The van der Waals surface area contributed by atoms with Crippen molar-refractivity contribution >= 4 is 44.0 Å². The van der Waals surface area contributed by atoms with Crippen molar-refractivity contribution in [3.05, 3.63) is 32.8 Å². The van der Waals surface area contributed by atoms with E-state index in [2.05, 4.69) is 26.0 Å². The van der Waals surface area contributed by atoms with Crippen LogP contribution >= 0.6 is 28.3 Å². The summed E-state index contributed by atoms with van der Waals surface area (Å²) in [6, 6.07) is 3.96. The summed E-state index contributed by atoms with van der Waals surface area (Å²) in [5.74, 6) is 0. The van der Waals surface area contributed by atoms with E-state index >= 15 is 0 Å². The normalized spacial score (nSPS) is 18.2. The zero-order valence-electron chi connectivity index (χ0n) is 10.9. The van der Waals surface area contributed by atoms with E-state index in [0.717, 1.165) is 19.4 Å². The van der Waals surface area contributed by atoms with Gasteiger partial charge in [-0.3, -0.25) is 10.1 Å². The van der Waals surface area contributed by atoms with E-state index in [1.54, 1.807) is 0 Å². The second kappa shape index (κ2) is 7.50. The SMILES string of the molecule is Cl.O=[N+]([O-])c1cc(Br)ccc1S(=O)(=O)NCC1CCCN1. The minimum absolute atomic E-state index is 0. The number of halogens is 2. The van der Waals surface area contributed by atoms with Gasteiger partial charge >= 0.3 is 0 Å². The molecule has 1 aliphatic heterocycles. The molecular formula is C11H15BrClN3O4S. The quantitative estimate of drug-likeness (QED) is 0.580. The molecule has 0 radical (unpaired) electrons. The molecule has 2 rings (SSSR count). The average molecular weight is 401 g/mol. The van der Waals surface area contributed by atoms with Crippen LogP contribution in [0.5, 0.6) is 0 Å². The zero-order valence-corrected chi connectivity index (χ0v) is 14.1. The number of hydrogen-bond acceptors (Lipinski definition) is 5. The third-order valence-corrected chi connectivity index (χ3v) is 5.05. The molecule has 1 atom stereocenters. The molecule has 1 heterocycles. The smallest absolute Gasteiger partial charge is 0.290 e. The number of nitro groups is 1. The van der Waals surface area contributed by atoms with E-state index in [4.69, 9.17) is 0 Å². The summed E-state index contributed by atoms with van der Waals surface area (Å²) >= 11 is 3.09. The Morgan fingerprint density at radius 2 is 2.19 bits per heavy atom. The molecule has 2 N–H and O–H groups in total. The second-order valence-corrected chi connectivity index (χ2v) is 7.17. The highest BCUT2D eigenvalue weighted by molar-refractivity contribution is 9.10. The topological polar surface area (TPSA) is 101 Å². The Morgan fingerprint density at radius 3 is 2.76 bits per heavy atom. The summed E-state index contributed by atoms with van der Waals surface area (Å²) in [5, 5.41) is 14.1. The van der Waals surface area contributed by atoms with Gasteiger partial charge in [0.1, 0.15) is 0 Å². The molecule has 21 heavy (non-hydrogen) atoms. The molecule has 118 valence electrons. The Morgan fingerprint density at radius 1 is 1.48 bits per heavy atom. The predicted molar refractivity (Wildman–Crippen MR) is 84.3 cm³/mol. The minimum Gasteiger partial charge on any atom is -0.313 e. The first kappa shape index (κ1) is 18.3. The van der Waals surface area contributed by atoms with Crippen LogP contribution in [0.3, 0.4) is 0 Å². The van der Waals surface area contributed by atoms with Crippen molar-refractivity contribution < 1.29 is 13.3 Å². The lowest BCUT2D eigenvalue weighted by atomic mass is 10.2. The number of nitrogens with zero attached hydrogens (tertiary/aromatic N) is 1. The molecule has 1 fully saturated rings. The van der Waals surface area contributed by atoms with Crippen molar-refractivity contribution in [1.82, 2.24) is 10.0 Å². The van der Waals surface area contributed by atoms with E-state index in [-0.39, 0.29) is 29.9 Å². The molecule has 0 spiro atoms. The van der Waals surface area contributed by atoms with Gasteiger partial charge in [-0.2, -0.15) is 0 Å². The summed E-state index contributed by atoms with van der Waals surface area (Å²) in [6.07, 6.45) is 1.90. The Bertz CT molecular complexity index is 620. The van der Waals surface area contributed by atoms with Gasteiger partial charge in [0.2, 0.25) is 10.0 Å². The average Bonchev–Trinajstić information content (AvgIpc) is 2.89. The lowest BCUT2D eigenvalue weighted by Gasteiger charge is -2.12. The molecule has 0 aromatic heterocycles. The number of rotatable bonds is 5. The van der Waals surface area contributed by atoms with Crippen LogP contribution in [0.15, 0.2) is 27.6 Å². The van der Waals surface area contributed by atoms with Crippen LogP contribution in [0.2, 0.25) is 0 Å². The van der Waals surface area contributed by atoms with Gasteiger partial charge in [0, 0.05) is 23.1 Å². The molecule has 0 saturated carbocycles. The Hall–Kier alpha value is -0.740. The summed E-state index contributed by atoms with van der Waals surface area (Å²) < 4.78 is 27.2. The van der Waals surface area contributed by atoms with Crippen LogP contribution in [0, 0.1) is 10.1 Å². The Balaban J connectivity index is 0.00000220. The van der Waals surface area contributed by atoms with E-state index < -0.39 is 20.6 Å². The monoisotopic (exact) mass is 399 g/mol. The molecule has 0 bridgehead atoms. The van der Waals surface area contributed by atoms with E-state index in [1.807, 2.05) is 0 Å². The molecule has 1 saturated heterocycles. The molecule has 10 heteroatoms. The van der Waals surface area contributed by atoms with Crippen LogP contribution in [-0.2, 0) is 10.0 Å². The van der Waals surface area contributed by atoms with Gasteiger partial charge in [-0.1, -0.05) is 15.9 Å². The van der Waals surface area contributed by atoms with E-state index in [9.17, 15) is 18.5 Å². The molecule has 0 amide bonds. The summed E-state index contributed by atoms with van der Waals surface area (Å²) in [5.41, 5.74) is -0.439. The largest absolute Gasteiger partial charge is 0.313 e. The maximum absolute atomic E-state index is 12.2. The Kier molecular flexibility index (Phi) is 6.54. The van der Waals surface area contributed by atoms with Crippen molar-refractivity contribution in [3.63, 3.8) is 0 Å². The number of benzene rings is 1. The zero-order chi connectivity index (χ0) is 14.8. The van der Waals surface area contributed by atoms with Gasteiger partial charge in [0.15, 0.2) is 4.90 Å². The van der Waals surface area contributed by atoms with Gasteiger partial charge in [0.25, 0.3) is 5.69 Å². The van der Waals surface area contributed by atoms with Crippen molar-refractivity contribution in [2.45, 2.75) is 23.8 Å². The highest BCUT2D eigenvalue weighted by Gasteiger charge is 2.27. The number of sulfonamides is 1. The van der Waals surface area contributed by atoms with Gasteiger partial charge in [-0.05, 0) is 31.5 Å². The number of hydrogen-bond donors (Lipinski definition) is 2. The maximum Gasteiger partial charge on any atom is 0.290 e. The minimum atomic E-state index is -3.89. The van der Waals surface area contributed by atoms with Crippen LogP contribution in [0.4, 0.5) is 5.69 Å². The van der Waals surface area contributed by atoms with Crippen LogP contribution < -0.4 is 10.0 Å². The molecule has 7 nitrogen and oxygen atoms in total. The molecular weight excluding hydrogens is 386 g/mol. The molecule has 1 aliphatic rings. The van der Waals surface area contributed by atoms with Gasteiger partial charge in [-0.15, -0.1) is 12.4 Å². The summed E-state index contributed by atoms with van der Waals surface area (Å²) in [7, 11) is -3.89. The lowest BCUT2D eigenvalue weighted by Crippen LogP contribution is -2.37. The van der Waals surface area contributed by atoms with Gasteiger partial charge in [-0.25, -0.2) is 13.1 Å². The number of nitrogens with one attached hydrogen (secondary N) is 2. The molecule has 1 unspecified atom stereocenters. The highest BCUT2D eigenvalue weighted by Crippen LogP contribution is 2.27. The van der Waals surface area contributed by atoms with Crippen molar-refractivity contribution in [2.75, 3.05) is 13.1 Å². The highest BCUT2D eigenvalue weighted by atomic mass is 79.9. The molecule has 0 aliphatic carbocycles. The first-order valence-corrected chi connectivity index (χ1v) is 8.35. The summed E-state index contributed by atoms with van der Waals surface area (Å²) in [6.45, 7) is 1.10. The van der Waals surface area contributed by atoms with Crippen LogP contribution in [0.25, 0.3) is 0 Å². The van der Waals surface area contributed by atoms with Crippen LogP contribution in [-0.4, -0.2) is 32.5 Å². The summed E-state index contributed by atoms with van der Waals surface area (Å²) in [4.78, 5) is 9.94. The molecule has 1 aromatic rings. The first-order chi connectivity index (χ1) is 9.40. The second-order valence-electron chi connectivity index (χ2n) is 4.51. The van der Waals surface area contributed by atoms with Crippen molar-refractivity contribution in [1.29, 1.82) is 0 Å². The fraction of sp³-hybridized carbons (Fsp3) is 0.455. The van der Waals surface area contributed by atoms with Gasteiger partial charge in [0.05, 0.1) is 4.92 Å². The Labute approximate surface area is 137 Å². The number of nitro benzene ring substituents is 1. The van der Waals surface area contributed by atoms with E-state index in [0.29, 0.717) is 4.47 Å². The van der Waals surface area contributed by atoms with Gasteiger partial charge < -0.3 is 5.32 Å². The first-order valence-electron chi connectivity index (χ1n) is 6.07. The third-order valence-electron chi connectivity index (χ3n) is 3.09. The van der Waals surface area contributed by atoms with Crippen molar-refractivity contribution in [3.8, 4) is 0 Å². The van der Waals surface area contributed by atoms with E-state index in [1.165, 1.54) is 18.2 Å². The predicted octanol–water partition coefficient (Wildman–Crippen LogP) is 1.81. The molecule has 1 aromatic carbocycles. The van der Waals surface area contributed by atoms with Crippen LogP contribution in [0.1, 0.15) is 12.8 Å². The fourth-order valence-electron chi connectivity index (χ4n) is 2.08. The third kappa shape index (κ3) is 4.62. The maximum atomic E-state index is 12.2. The fourth-order valence-corrected chi connectivity index (χ4v) is 3.66. The van der Waals surface area contributed by atoms with Crippen molar-refractivity contribution in [2.24, 2.45) is 0 Å². The standard InChI is InChI=1S/C11H14BrN3O4S.ClH/c12-8-3-4-11(10(6-8)15(16)17)20(18,19)14-7-9-2-1-5-13-9;/h3-4,6,9,13-14H,1-2,5,7H2;1H.